The zero-order chi connectivity index (χ0) is 9.97. The maximum Gasteiger partial charge on any atom is 0.00816 e. The minimum Gasteiger partial charge on any atom is -0.328 e. The van der Waals surface area contributed by atoms with Crippen LogP contribution in [0.4, 0.5) is 0 Å². The molecule has 2 rings (SSSR count). The van der Waals surface area contributed by atoms with Crippen molar-refractivity contribution in [3.8, 4) is 0 Å². The molecule has 0 aromatic heterocycles. The molecule has 82 valence electrons. The van der Waals surface area contributed by atoms with Crippen molar-refractivity contribution in [2.75, 3.05) is 13.1 Å². The second-order valence-electron chi connectivity index (χ2n) is 5.26. The first-order valence-electron chi connectivity index (χ1n) is 6.25. The summed E-state index contributed by atoms with van der Waals surface area (Å²) in [6, 6.07) is 1.18. The van der Waals surface area contributed by atoms with Gasteiger partial charge in [0.2, 0.25) is 0 Å². The van der Waals surface area contributed by atoms with Crippen molar-refractivity contribution in [3.05, 3.63) is 0 Å². The summed E-state index contributed by atoms with van der Waals surface area (Å²) in [5.74, 6) is 1.09. The highest BCUT2D eigenvalue weighted by atomic mass is 15.2. The monoisotopic (exact) mass is 196 g/mol. The summed E-state index contributed by atoms with van der Waals surface area (Å²) in [6.45, 7) is 4.87. The van der Waals surface area contributed by atoms with Crippen molar-refractivity contribution in [3.63, 3.8) is 0 Å². The van der Waals surface area contributed by atoms with Crippen molar-refractivity contribution >= 4 is 0 Å². The molecular formula is C12H24N2. The zero-order valence-corrected chi connectivity index (χ0v) is 9.41. The van der Waals surface area contributed by atoms with E-state index in [-0.39, 0.29) is 0 Å². The lowest BCUT2D eigenvalue weighted by molar-refractivity contribution is 0.144. The van der Waals surface area contributed by atoms with Crippen LogP contribution < -0.4 is 5.73 Å². The minimum absolute atomic E-state index is 0.463. The highest BCUT2D eigenvalue weighted by Gasteiger charge is 2.24. The average molecular weight is 196 g/mol. The van der Waals surface area contributed by atoms with E-state index in [0.717, 1.165) is 12.0 Å². The molecule has 0 bridgehead atoms. The number of nitrogens with zero attached hydrogens (tertiary/aromatic N) is 1. The van der Waals surface area contributed by atoms with Crippen LogP contribution in [0.25, 0.3) is 0 Å². The molecular weight excluding hydrogens is 172 g/mol. The molecule has 1 aliphatic heterocycles. The van der Waals surface area contributed by atoms with Gasteiger partial charge in [0.25, 0.3) is 0 Å². The zero-order valence-electron chi connectivity index (χ0n) is 9.41. The Morgan fingerprint density at radius 3 is 2.71 bits per heavy atom. The van der Waals surface area contributed by atoms with Crippen LogP contribution in [-0.2, 0) is 0 Å². The van der Waals surface area contributed by atoms with E-state index in [1.165, 1.54) is 51.6 Å². The summed E-state index contributed by atoms with van der Waals surface area (Å²) >= 11 is 0. The summed E-state index contributed by atoms with van der Waals surface area (Å²) in [6.07, 6.45) is 8.28. The summed E-state index contributed by atoms with van der Waals surface area (Å²) in [5.41, 5.74) is 5.95. The van der Waals surface area contributed by atoms with Crippen LogP contribution in [0.15, 0.2) is 0 Å². The topological polar surface area (TPSA) is 29.3 Å². The van der Waals surface area contributed by atoms with E-state index in [1.54, 1.807) is 0 Å². The highest BCUT2D eigenvalue weighted by Crippen LogP contribution is 2.33. The molecule has 0 amide bonds. The Bertz CT molecular complexity index is 177. The molecule has 2 heteroatoms. The van der Waals surface area contributed by atoms with E-state index >= 15 is 0 Å². The fraction of sp³-hybridized carbons (Fsp3) is 1.00. The molecule has 0 aromatic rings. The minimum atomic E-state index is 0.463. The Labute approximate surface area is 87.8 Å². The fourth-order valence-corrected chi connectivity index (χ4v) is 2.58. The van der Waals surface area contributed by atoms with Gasteiger partial charge in [0.05, 0.1) is 0 Å². The van der Waals surface area contributed by atoms with Crippen molar-refractivity contribution in [1.29, 1.82) is 0 Å². The summed E-state index contributed by atoms with van der Waals surface area (Å²) in [7, 11) is 0. The Balaban J connectivity index is 1.63. The van der Waals surface area contributed by atoms with Gasteiger partial charge in [0.15, 0.2) is 0 Å². The fourth-order valence-electron chi connectivity index (χ4n) is 2.58. The van der Waals surface area contributed by atoms with E-state index in [0.29, 0.717) is 6.04 Å². The summed E-state index contributed by atoms with van der Waals surface area (Å²) < 4.78 is 0. The van der Waals surface area contributed by atoms with Gasteiger partial charge >= 0.3 is 0 Å². The third-order valence-electron chi connectivity index (χ3n) is 3.81. The smallest absolute Gasteiger partial charge is 0.00816 e. The first-order chi connectivity index (χ1) is 6.75. The molecule has 1 heterocycles. The van der Waals surface area contributed by atoms with Crippen LogP contribution in [0.5, 0.6) is 0 Å². The number of rotatable bonds is 4. The molecule has 0 aromatic carbocycles. The number of piperidine rings is 1. The van der Waals surface area contributed by atoms with Crippen LogP contribution >= 0.6 is 0 Å². The molecule has 14 heavy (non-hydrogen) atoms. The van der Waals surface area contributed by atoms with Crippen molar-refractivity contribution in [2.45, 2.75) is 57.5 Å². The number of nitrogens with two attached hydrogens (primary N) is 1. The Morgan fingerprint density at radius 2 is 2.07 bits per heavy atom. The first-order valence-corrected chi connectivity index (χ1v) is 6.25. The van der Waals surface area contributed by atoms with Gasteiger partial charge in [-0.05, 0) is 51.6 Å². The second kappa shape index (κ2) is 4.63. The van der Waals surface area contributed by atoms with Gasteiger partial charge in [0, 0.05) is 12.1 Å². The molecule has 0 radical (unpaired) electrons. The molecule has 1 saturated heterocycles. The van der Waals surface area contributed by atoms with Crippen LogP contribution in [0.3, 0.4) is 0 Å². The number of likely N-dealkylation sites (tertiary alicyclic amines) is 1. The first kappa shape index (κ1) is 10.4. The lowest BCUT2D eigenvalue weighted by Gasteiger charge is -2.36. The normalized spacial score (nSPS) is 34.7. The Kier molecular flexibility index (Phi) is 3.45. The standard InChI is InChI=1S/C12H24N2/c1-10-9-12(13)6-8-14(10)7-2-3-11-4-5-11/h10-12H,2-9,13H2,1H3. The molecule has 2 nitrogen and oxygen atoms in total. The summed E-state index contributed by atoms with van der Waals surface area (Å²) in [5, 5.41) is 0. The molecule has 2 aliphatic rings. The van der Waals surface area contributed by atoms with Crippen molar-refractivity contribution in [2.24, 2.45) is 11.7 Å². The van der Waals surface area contributed by atoms with E-state index in [4.69, 9.17) is 5.73 Å². The van der Waals surface area contributed by atoms with Gasteiger partial charge in [-0.3, -0.25) is 0 Å². The number of hydrogen-bond donors (Lipinski definition) is 1. The van der Waals surface area contributed by atoms with Crippen LogP contribution in [-0.4, -0.2) is 30.1 Å². The maximum absolute atomic E-state index is 5.95. The number of hydrogen-bond acceptors (Lipinski definition) is 2. The van der Waals surface area contributed by atoms with Crippen LogP contribution in [0, 0.1) is 5.92 Å². The molecule has 0 spiro atoms. The largest absolute Gasteiger partial charge is 0.328 e. The van der Waals surface area contributed by atoms with E-state index < -0.39 is 0 Å². The third kappa shape index (κ3) is 2.96. The van der Waals surface area contributed by atoms with E-state index in [2.05, 4.69) is 11.8 Å². The lowest BCUT2D eigenvalue weighted by atomic mass is 9.99. The third-order valence-corrected chi connectivity index (χ3v) is 3.81. The van der Waals surface area contributed by atoms with E-state index in [9.17, 15) is 0 Å². The van der Waals surface area contributed by atoms with Gasteiger partial charge in [-0.25, -0.2) is 0 Å². The second-order valence-corrected chi connectivity index (χ2v) is 5.26. The van der Waals surface area contributed by atoms with Gasteiger partial charge in [-0.2, -0.15) is 0 Å². The summed E-state index contributed by atoms with van der Waals surface area (Å²) in [4.78, 5) is 2.63. The molecule has 2 unspecified atom stereocenters. The van der Waals surface area contributed by atoms with Gasteiger partial charge in [0.1, 0.15) is 0 Å². The predicted molar refractivity (Wildman–Crippen MR) is 60.2 cm³/mol. The SMILES string of the molecule is CC1CC(N)CCN1CCCC1CC1. The van der Waals surface area contributed by atoms with Crippen LogP contribution in [0.2, 0.25) is 0 Å². The van der Waals surface area contributed by atoms with Crippen molar-refractivity contribution < 1.29 is 0 Å². The quantitative estimate of drug-likeness (QED) is 0.745. The maximum atomic E-state index is 5.95. The van der Waals surface area contributed by atoms with E-state index in [1.807, 2.05) is 0 Å². The lowest BCUT2D eigenvalue weighted by Crippen LogP contribution is -2.45. The van der Waals surface area contributed by atoms with Gasteiger partial charge in [-0.1, -0.05) is 12.8 Å². The average Bonchev–Trinajstić information content (AvgIpc) is 2.92. The Morgan fingerprint density at radius 1 is 1.29 bits per heavy atom. The molecule has 1 aliphatic carbocycles. The molecule has 2 atom stereocenters. The Hall–Kier alpha value is -0.0800. The van der Waals surface area contributed by atoms with Crippen molar-refractivity contribution in [1.82, 2.24) is 4.90 Å². The molecule has 2 N–H and O–H groups in total. The van der Waals surface area contributed by atoms with Crippen LogP contribution in [0.1, 0.15) is 45.4 Å². The predicted octanol–water partition coefficient (Wildman–Crippen LogP) is 1.99. The molecule has 2 fully saturated rings. The molecule has 1 saturated carbocycles. The van der Waals surface area contributed by atoms with Gasteiger partial charge in [-0.15, -0.1) is 0 Å². The van der Waals surface area contributed by atoms with Gasteiger partial charge < -0.3 is 10.6 Å². The highest BCUT2D eigenvalue weighted by molar-refractivity contribution is 4.81.